The average Bonchev–Trinajstić information content (AvgIpc) is 2.17. The second-order valence-electron chi connectivity index (χ2n) is 3.13. The Morgan fingerprint density at radius 2 is 2.13 bits per heavy atom. The molecule has 0 fully saturated rings. The smallest absolute Gasteiger partial charge is 0.205 e. The van der Waals surface area contributed by atoms with Crippen molar-refractivity contribution in [3.8, 4) is 0 Å². The number of hydrogen-bond donors (Lipinski definition) is 1. The van der Waals surface area contributed by atoms with E-state index in [1.807, 2.05) is 0 Å². The summed E-state index contributed by atoms with van der Waals surface area (Å²) in [5.74, 6) is -0.413. The fraction of sp³-hybridized carbons (Fsp3) is 0.100. The van der Waals surface area contributed by atoms with Crippen molar-refractivity contribution in [3.05, 3.63) is 40.4 Å². The lowest BCUT2D eigenvalue weighted by Gasteiger charge is -2.00. The number of halogens is 1. The molecule has 0 spiro atoms. The topological polar surface area (TPSA) is 49.9 Å². The van der Waals surface area contributed by atoms with Crippen LogP contribution < -0.4 is 5.43 Å². The van der Waals surface area contributed by atoms with Gasteiger partial charge in [0.25, 0.3) is 0 Å². The predicted molar refractivity (Wildman–Crippen MR) is 56.9 cm³/mol. The van der Waals surface area contributed by atoms with E-state index in [2.05, 4.69) is 4.98 Å². The molecule has 1 N–H and O–H groups in total. The maximum Gasteiger partial charge on any atom is 0.205 e. The SMILES string of the molecule is CS(=O)c1c[nH]c2cc(F)ccc2c1=O. The number of aromatic amines is 1. The maximum absolute atomic E-state index is 12.8. The molecule has 2 rings (SSSR count). The van der Waals surface area contributed by atoms with Crippen molar-refractivity contribution >= 4 is 21.7 Å². The highest BCUT2D eigenvalue weighted by molar-refractivity contribution is 7.84. The predicted octanol–water partition coefficient (Wildman–Crippen LogP) is 1.40. The van der Waals surface area contributed by atoms with Crippen molar-refractivity contribution in [2.75, 3.05) is 6.26 Å². The number of benzene rings is 1. The van der Waals surface area contributed by atoms with Gasteiger partial charge in [0.05, 0.1) is 16.3 Å². The molecule has 0 saturated carbocycles. The van der Waals surface area contributed by atoms with Gasteiger partial charge in [-0.05, 0) is 18.2 Å². The summed E-state index contributed by atoms with van der Waals surface area (Å²) < 4.78 is 24.0. The van der Waals surface area contributed by atoms with Gasteiger partial charge in [-0.3, -0.25) is 9.00 Å². The van der Waals surface area contributed by atoms with Crippen LogP contribution in [-0.4, -0.2) is 15.4 Å². The summed E-state index contributed by atoms with van der Waals surface area (Å²) in [6, 6.07) is 3.83. The van der Waals surface area contributed by atoms with Gasteiger partial charge >= 0.3 is 0 Å². The second-order valence-corrected chi connectivity index (χ2v) is 4.47. The molecule has 0 radical (unpaired) electrons. The normalized spacial score (nSPS) is 12.9. The minimum Gasteiger partial charge on any atom is -0.360 e. The van der Waals surface area contributed by atoms with Crippen molar-refractivity contribution in [1.82, 2.24) is 4.98 Å². The fourth-order valence-electron chi connectivity index (χ4n) is 1.39. The quantitative estimate of drug-likeness (QED) is 0.797. The van der Waals surface area contributed by atoms with E-state index in [0.717, 1.165) is 0 Å². The molecule has 1 aromatic carbocycles. The molecule has 0 bridgehead atoms. The first-order valence-electron chi connectivity index (χ1n) is 4.24. The molecule has 0 saturated heterocycles. The van der Waals surface area contributed by atoms with Gasteiger partial charge in [-0.25, -0.2) is 4.39 Å². The highest BCUT2D eigenvalue weighted by atomic mass is 32.2. The van der Waals surface area contributed by atoms with Crippen molar-refractivity contribution in [1.29, 1.82) is 0 Å². The zero-order chi connectivity index (χ0) is 11.0. The van der Waals surface area contributed by atoms with Crippen molar-refractivity contribution < 1.29 is 8.60 Å². The number of H-pyrrole nitrogens is 1. The Morgan fingerprint density at radius 1 is 1.40 bits per heavy atom. The van der Waals surface area contributed by atoms with Crippen molar-refractivity contribution in [2.24, 2.45) is 0 Å². The van der Waals surface area contributed by atoms with E-state index in [9.17, 15) is 13.4 Å². The third kappa shape index (κ3) is 1.70. The molecule has 1 atom stereocenters. The fourth-order valence-corrected chi connectivity index (χ4v) is 1.98. The summed E-state index contributed by atoms with van der Waals surface area (Å²) in [5, 5.41) is 0.351. The standard InChI is InChI=1S/C10H8FNO2S/c1-15(14)9-5-12-8-4-6(11)2-3-7(8)10(9)13/h2-5H,1H3,(H,12,13). The summed E-state index contributed by atoms with van der Waals surface area (Å²) in [7, 11) is -1.34. The van der Waals surface area contributed by atoms with Crippen LogP contribution in [-0.2, 0) is 10.8 Å². The van der Waals surface area contributed by atoms with Gasteiger partial charge in [0.15, 0.2) is 0 Å². The van der Waals surface area contributed by atoms with Crippen molar-refractivity contribution in [2.45, 2.75) is 4.90 Å². The highest BCUT2D eigenvalue weighted by Gasteiger charge is 2.07. The zero-order valence-corrected chi connectivity index (χ0v) is 8.73. The number of aromatic nitrogens is 1. The van der Waals surface area contributed by atoms with E-state index in [1.54, 1.807) is 0 Å². The molecule has 15 heavy (non-hydrogen) atoms. The average molecular weight is 225 g/mol. The zero-order valence-electron chi connectivity index (χ0n) is 7.91. The first-order valence-corrected chi connectivity index (χ1v) is 5.80. The van der Waals surface area contributed by atoms with Gasteiger partial charge in [-0.2, -0.15) is 0 Å². The van der Waals surface area contributed by atoms with E-state index in [-0.39, 0.29) is 10.3 Å². The van der Waals surface area contributed by atoms with Crippen LogP contribution >= 0.6 is 0 Å². The molecule has 3 nitrogen and oxygen atoms in total. The molecule has 1 heterocycles. The van der Waals surface area contributed by atoms with Gasteiger partial charge in [-0.1, -0.05) is 0 Å². The molecule has 0 aliphatic heterocycles. The lowest BCUT2D eigenvalue weighted by Crippen LogP contribution is -2.10. The molecule has 0 amide bonds. The van der Waals surface area contributed by atoms with Crippen LogP contribution in [0.1, 0.15) is 0 Å². The summed E-state index contributed by atoms with van der Waals surface area (Å²) in [6.07, 6.45) is 2.79. The first kappa shape index (κ1) is 10.0. The van der Waals surface area contributed by atoms with Gasteiger partial charge in [0.1, 0.15) is 10.7 Å². The van der Waals surface area contributed by atoms with Crippen LogP contribution in [0.2, 0.25) is 0 Å². The highest BCUT2D eigenvalue weighted by Crippen LogP contribution is 2.10. The molecular formula is C10H8FNO2S. The Hall–Kier alpha value is -1.49. The minimum atomic E-state index is -1.34. The van der Waals surface area contributed by atoms with Crippen LogP contribution in [0, 0.1) is 5.82 Å². The minimum absolute atomic E-state index is 0.203. The van der Waals surface area contributed by atoms with Crippen LogP contribution in [0.4, 0.5) is 4.39 Å². The number of hydrogen-bond acceptors (Lipinski definition) is 2. The molecule has 1 unspecified atom stereocenters. The lowest BCUT2D eigenvalue weighted by atomic mass is 10.2. The van der Waals surface area contributed by atoms with Crippen LogP contribution in [0.3, 0.4) is 0 Å². The number of nitrogens with one attached hydrogen (secondary N) is 1. The Balaban J connectivity index is 2.86. The van der Waals surface area contributed by atoms with E-state index in [0.29, 0.717) is 10.9 Å². The summed E-state index contributed by atoms with van der Waals surface area (Å²) in [6.45, 7) is 0. The number of pyridine rings is 1. The van der Waals surface area contributed by atoms with Gasteiger partial charge in [0.2, 0.25) is 5.43 Å². The Morgan fingerprint density at radius 3 is 2.80 bits per heavy atom. The van der Waals surface area contributed by atoms with E-state index >= 15 is 0 Å². The van der Waals surface area contributed by atoms with Crippen LogP contribution in [0.5, 0.6) is 0 Å². The Kier molecular flexibility index (Phi) is 2.40. The third-order valence-corrected chi connectivity index (χ3v) is 3.04. The second kappa shape index (κ2) is 3.58. The molecule has 1 aromatic heterocycles. The molecule has 2 aromatic rings. The largest absolute Gasteiger partial charge is 0.360 e. The van der Waals surface area contributed by atoms with E-state index in [4.69, 9.17) is 0 Å². The Bertz CT molecular complexity index is 606. The Labute approximate surface area is 87.4 Å². The van der Waals surface area contributed by atoms with E-state index < -0.39 is 16.6 Å². The van der Waals surface area contributed by atoms with E-state index in [1.165, 1.54) is 30.7 Å². The number of fused-ring (bicyclic) bond motifs is 1. The molecule has 0 aliphatic rings. The number of rotatable bonds is 1. The lowest BCUT2D eigenvalue weighted by molar-refractivity contribution is 0.629. The summed E-state index contributed by atoms with van der Waals surface area (Å²) in [5.41, 5.74) is 0.0961. The van der Waals surface area contributed by atoms with Gasteiger partial charge < -0.3 is 4.98 Å². The summed E-state index contributed by atoms with van der Waals surface area (Å²) >= 11 is 0. The van der Waals surface area contributed by atoms with Crippen LogP contribution in [0.25, 0.3) is 10.9 Å². The molecule has 0 aliphatic carbocycles. The molecule has 78 valence electrons. The summed E-state index contributed by atoms with van der Waals surface area (Å²) in [4.78, 5) is 14.7. The molecular weight excluding hydrogens is 217 g/mol. The third-order valence-electron chi connectivity index (χ3n) is 2.12. The van der Waals surface area contributed by atoms with Crippen molar-refractivity contribution in [3.63, 3.8) is 0 Å². The van der Waals surface area contributed by atoms with Gasteiger partial charge in [0, 0.05) is 17.8 Å². The maximum atomic E-state index is 12.8. The first-order chi connectivity index (χ1) is 7.09. The van der Waals surface area contributed by atoms with Crippen LogP contribution in [0.15, 0.2) is 34.1 Å². The van der Waals surface area contributed by atoms with Gasteiger partial charge in [-0.15, -0.1) is 0 Å². The monoisotopic (exact) mass is 225 g/mol. The molecule has 5 heteroatoms.